The molecule has 1 aliphatic rings. The van der Waals surface area contributed by atoms with Crippen LogP contribution in [0.1, 0.15) is 29.5 Å². The maximum atomic E-state index is 13.9. The maximum Gasteiger partial charge on any atom is 0.325 e. The number of nitrogens with zero attached hydrogens (tertiary/aromatic N) is 3. The van der Waals surface area contributed by atoms with Crippen LogP contribution >= 0.6 is 0 Å². The van der Waals surface area contributed by atoms with E-state index in [4.69, 9.17) is 18.6 Å². The second kappa shape index (κ2) is 10.8. The van der Waals surface area contributed by atoms with E-state index in [1.54, 1.807) is 12.1 Å². The monoisotopic (exact) mass is 539 g/mol. The van der Waals surface area contributed by atoms with Crippen molar-refractivity contribution in [3.8, 4) is 29.0 Å². The highest BCUT2D eigenvalue weighted by molar-refractivity contribution is 5.74. The normalized spacial score (nSPS) is 16.4. The second-order valence-electron chi connectivity index (χ2n) is 9.84. The number of benzene rings is 3. The van der Waals surface area contributed by atoms with E-state index in [1.165, 1.54) is 18.3 Å². The van der Waals surface area contributed by atoms with Crippen LogP contribution in [0.2, 0.25) is 0 Å². The van der Waals surface area contributed by atoms with Crippen LogP contribution in [0.25, 0.3) is 22.7 Å². The van der Waals surface area contributed by atoms with Crippen molar-refractivity contribution in [2.75, 3.05) is 0 Å². The van der Waals surface area contributed by atoms with Gasteiger partial charge < -0.3 is 18.6 Å². The van der Waals surface area contributed by atoms with Gasteiger partial charge in [-0.3, -0.25) is 4.79 Å². The van der Waals surface area contributed by atoms with E-state index in [1.807, 2.05) is 56.3 Å². The number of esters is 1. The molecule has 0 amide bonds. The lowest BCUT2D eigenvalue weighted by atomic mass is 9.82. The summed E-state index contributed by atoms with van der Waals surface area (Å²) in [5.41, 5.74) is 4.24. The molecule has 0 bridgehead atoms. The smallest absolute Gasteiger partial charge is 0.325 e. The van der Waals surface area contributed by atoms with E-state index in [-0.39, 0.29) is 42.1 Å². The average Bonchev–Trinajstić information content (AvgIpc) is 3.36. The Morgan fingerprint density at radius 3 is 2.48 bits per heavy atom. The number of hydrogen-bond donors (Lipinski definition) is 0. The third-order valence-electron chi connectivity index (χ3n) is 6.81. The van der Waals surface area contributed by atoms with Gasteiger partial charge in [0.1, 0.15) is 24.0 Å². The van der Waals surface area contributed by atoms with Gasteiger partial charge in [0, 0.05) is 5.56 Å². The molecule has 0 saturated heterocycles. The number of halogens is 1. The van der Waals surface area contributed by atoms with Crippen LogP contribution in [0, 0.1) is 25.6 Å². The van der Waals surface area contributed by atoms with Crippen molar-refractivity contribution >= 4 is 17.2 Å². The minimum atomic E-state index is -0.516. The zero-order valence-corrected chi connectivity index (χ0v) is 22.0. The maximum absolute atomic E-state index is 13.9. The predicted octanol–water partition coefficient (Wildman–Crippen LogP) is 6.73. The molecule has 1 fully saturated rings. The standard InChI is InChI=1S/C31H26FN3O5/c1-18-12-21(28-34-25-16-33-31(35-29(25)40-28)39-26-11-7-6-10-24(26)32)13-19(2)27(18)38-23-14-22(15-23)30(36)37-17-20-8-4-3-5-9-20/h3-13,16,22-23H,14-15,17H2,1-2H3. The highest BCUT2D eigenvalue weighted by Crippen LogP contribution is 2.37. The SMILES string of the molecule is Cc1cc(-c2nc3cnc(Oc4ccccc4F)nc3o2)cc(C)c1OC1CC(C(=O)OCc2ccccc2)C1. The fourth-order valence-corrected chi connectivity index (χ4v) is 4.65. The van der Waals surface area contributed by atoms with Crippen LogP contribution in [0.3, 0.4) is 0 Å². The van der Waals surface area contributed by atoms with Gasteiger partial charge in [-0.25, -0.2) is 14.4 Å². The molecule has 2 heterocycles. The summed E-state index contributed by atoms with van der Waals surface area (Å²) < 4.78 is 37.0. The molecular weight excluding hydrogens is 513 g/mol. The van der Waals surface area contributed by atoms with Gasteiger partial charge >= 0.3 is 12.0 Å². The topological polar surface area (TPSA) is 96.6 Å². The molecule has 0 N–H and O–H groups in total. The first-order chi connectivity index (χ1) is 19.4. The summed E-state index contributed by atoms with van der Waals surface area (Å²) in [4.78, 5) is 25.3. The van der Waals surface area contributed by atoms with Crippen molar-refractivity contribution in [2.45, 2.75) is 39.4 Å². The highest BCUT2D eigenvalue weighted by Gasteiger charge is 2.37. The number of carbonyl (C=O) groups is 1. The number of ether oxygens (including phenoxy) is 3. The number of para-hydroxylation sites is 1. The molecular formula is C31H26FN3O5. The Morgan fingerprint density at radius 2 is 1.73 bits per heavy atom. The number of aromatic nitrogens is 3. The minimum Gasteiger partial charge on any atom is -0.490 e. The van der Waals surface area contributed by atoms with Gasteiger partial charge in [0.15, 0.2) is 11.6 Å². The Labute approximate surface area is 229 Å². The first-order valence-electron chi connectivity index (χ1n) is 13.0. The molecule has 0 aliphatic heterocycles. The van der Waals surface area contributed by atoms with Gasteiger partial charge in [-0.05, 0) is 67.6 Å². The highest BCUT2D eigenvalue weighted by atomic mass is 19.1. The van der Waals surface area contributed by atoms with Gasteiger partial charge in [0.2, 0.25) is 5.89 Å². The number of oxazole rings is 1. The summed E-state index contributed by atoms with van der Waals surface area (Å²) >= 11 is 0. The fraction of sp³-hybridized carbons (Fsp3) is 0.226. The van der Waals surface area contributed by atoms with Crippen molar-refractivity contribution in [1.82, 2.24) is 15.0 Å². The molecule has 0 radical (unpaired) electrons. The van der Waals surface area contributed by atoms with Crippen LogP contribution in [0.4, 0.5) is 4.39 Å². The van der Waals surface area contributed by atoms with E-state index < -0.39 is 5.82 Å². The van der Waals surface area contributed by atoms with E-state index >= 15 is 0 Å². The van der Waals surface area contributed by atoms with E-state index in [2.05, 4.69) is 15.0 Å². The first kappa shape index (κ1) is 25.5. The van der Waals surface area contributed by atoms with E-state index in [9.17, 15) is 9.18 Å². The largest absolute Gasteiger partial charge is 0.490 e. The molecule has 5 aromatic rings. The molecule has 1 saturated carbocycles. The molecule has 0 spiro atoms. The average molecular weight is 540 g/mol. The van der Waals surface area contributed by atoms with Gasteiger partial charge in [-0.1, -0.05) is 42.5 Å². The second-order valence-corrected chi connectivity index (χ2v) is 9.84. The third-order valence-corrected chi connectivity index (χ3v) is 6.81. The Morgan fingerprint density at radius 1 is 1.00 bits per heavy atom. The quantitative estimate of drug-likeness (QED) is 0.200. The molecule has 0 unspecified atom stereocenters. The van der Waals surface area contributed by atoms with Gasteiger partial charge in [0.05, 0.1) is 12.1 Å². The molecule has 40 heavy (non-hydrogen) atoms. The summed E-state index contributed by atoms with van der Waals surface area (Å²) in [6, 6.07) is 19.5. The number of carbonyl (C=O) groups excluding carboxylic acids is 1. The third kappa shape index (κ3) is 5.36. The molecule has 2 aromatic heterocycles. The minimum absolute atomic E-state index is 0.0188. The van der Waals surface area contributed by atoms with Crippen molar-refractivity contribution in [1.29, 1.82) is 0 Å². The Bertz CT molecular complexity index is 1660. The zero-order valence-electron chi connectivity index (χ0n) is 22.0. The Balaban J connectivity index is 1.10. The molecule has 202 valence electrons. The molecule has 9 heteroatoms. The van der Waals surface area contributed by atoms with Crippen LogP contribution in [0.15, 0.2) is 77.3 Å². The zero-order chi connectivity index (χ0) is 27.6. The van der Waals surface area contributed by atoms with Gasteiger partial charge in [-0.2, -0.15) is 4.98 Å². The number of aryl methyl sites for hydroxylation is 2. The van der Waals surface area contributed by atoms with Crippen molar-refractivity contribution in [3.63, 3.8) is 0 Å². The summed E-state index contributed by atoms with van der Waals surface area (Å²) in [7, 11) is 0. The lowest BCUT2D eigenvalue weighted by molar-refractivity contribution is -0.156. The predicted molar refractivity (Wildman–Crippen MR) is 144 cm³/mol. The van der Waals surface area contributed by atoms with Crippen LogP contribution in [-0.2, 0) is 16.1 Å². The molecule has 6 rings (SSSR count). The van der Waals surface area contributed by atoms with Crippen molar-refractivity contribution in [2.24, 2.45) is 5.92 Å². The fourth-order valence-electron chi connectivity index (χ4n) is 4.65. The first-order valence-corrected chi connectivity index (χ1v) is 13.0. The van der Waals surface area contributed by atoms with Gasteiger partial charge in [0.25, 0.3) is 5.71 Å². The number of hydrogen-bond acceptors (Lipinski definition) is 8. The van der Waals surface area contributed by atoms with Crippen molar-refractivity contribution < 1.29 is 27.8 Å². The van der Waals surface area contributed by atoms with Crippen LogP contribution < -0.4 is 9.47 Å². The summed E-state index contributed by atoms with van der Waals surface area (Å²) in [6.45, 7) is 4.19. The van der Waals surface area contributed by atoms with E-state index in [0.29, 0.717) is 24.2 Å². The summed E-state index contributed by atoms with van der Waals surface area (Å²) in [6.07, 6.45) is 2.66. The lowest BCUT2D eigenvalue weighted by Gasteiger charge is -2.34. The van der Waals surface area contributed by atoms with Gasteiger partial charge in [-0.15, -0.1) is 0 Å². The summed E-state index contributed by atoms with van der Waals surface area (Å²) in [5.74, 6) is 0.315. The van der Waals surface area contributed by atoms with Crippen LogP contribution in [0.5, 0.6) is 17.5 Å². The molecule has 0 atom stereocenters. The Kier molecular flexibility index (Phi) is 6.86. The lowest BCUT2D eigenvalue weighted by Crippen LogP contribution is -2.39. The molecule has 3 aromatic carbocycles. The molecule has 8 nitrogen and oxygen atoms in total. The summed E-state index contributed by atoms with van der Waals surface area (Å²) in [5, 5.41) is 0. The number of rotatable bonds is 8. The number of fused-ring (bicyclic) bond motifs is 1. The van der Waals surface area contributed by atoms with E-state index in [0.717, 1.165) is 28.0 Å². The van der Waals surface area contributed by atoms with Crippen molar-refractivity contribution in [3.05, 3.63) is 95.4 Å². The van der Waals surface area contributed by atoms with Crippen LogP contribution in [-0.4, -0.2) is 27.0 Å². The molecule has 1 aliphatic carbocycles. The Hall–Kier alpha value is -4.79.